The Kier molecular flexibility index (Phi) is 6.72. The van der Waals surface area contributed by atoms with Gasteiger partial charge in [-0.3, -0.25) is 4.79 Å². The first kappa shape index (κ1) is 21.5. The molecule has 4 rings (SSSR count). The third kappa shape index (κ3) is 5.68. The predicted molar refractivity (Wildman–Crippen MR) is 121 cm³/mol. The zero-order valence-electron chi connectivity index (χ0n) is 17.0. The van der Waals surface area contributed by atoms with Gasteiger partial charge in [-0.1, -0.05) is 35.9 Å². The minimum absolute atomic E-state index is 0.149. The molecule has 0 saturated carbocycles. The van der Waals surface area contributed by atoms with E-state index >= 15 is 0 Å². The summed E-state index contributed by atoms with van der Waals surface area (Å²) in [7, 11) is 0. The topological polar surface area (TPSA) is 64.1 Å². The van der Waals surface area contributed by atoms with E-state index in [1.165, 1.54) is 24.3 Å². The molecule has 0 atom stereocenters. The van der Waals surface area contributed by atoms with Crippen molar-refractivity contribution >= 4 is 17.5 Å². The Bertz CT molecular complexity index is 1200. The van der Waals surface area contributed by atoms with Crippen molar-refractivity contribution in [1.82, 2.24) is 15.3 Å². The molecule has 7 heteroatoms. The number of hydrogen-bond donors (Lipinski definition) is 1. The number of halogens is 2. The Morgan fingerprint density at radius 2 is 1.66 bits per heavy atom. The maximum absolute atomic E-state index is 13.0. The molecule has 0 aliphatic rings. The predicted octanol–water partition coefficient (Wildman–Crippen LogP) is 5.70. The van der Waals surface area contributed by atoms with Gasteiger partial charge in [0.05, 0.1) is 0 Å². The van der Waals surface area contributed by atoms with Gasteiger partial charge in [0.15, 0.2) is 0 Å². The van der Waals surface area contributed by atoms with Crippen LogP contribution in [0.4, 0.5) is 4.39 Å². The summed E-state index contributed by atoms with van der Waals surface area (Å²) in [6, 6.07) is 20.5. The number of hydrogen-bond acceptors (Lipinski definition) is 4. The van der Waals surface area contributed by atoms with Crippen LogP contribution in [0.3, 0.4) is 0 Å². The number of carbonyl (C=O) groups is 1. The second kappa shape index (κ2) is 10.0. The highest BCUT2D eigenvalue weighted by Crippen LogP contribution is 2.22. The van der Waals surface area contributed by atoms with Crippen molar-refractivity contribution in [2.75, 3.05) is 6.54 Å². The van der Waals surface area contributed by atoms with Crippen molar-refractivity contribution in [2.24, 2.45) is 0 Å². The van der Waals surface area contributed by atoms with Crippen molar-refractivity contribution in [3.8, 4) is 22.9 Å². The number of rotatable bonds is 7. The summed E-state index contributed by atoms with van der Waals surface area (Å²) >= 11 is 5.89. The van der Waals surface area contributed by atoms with E-state index < -0.39 is 0 Å². The zero-order valence-corrected chi connectivity index (χ0v) is 17.7. The number of aromatic nitrogens is 2. The van der Waals surface area contributed by atoms with Gasteiger partial charge in [0.1, 0.15) is 11.6 Å². The second-order valence-electron chi connectivity index (χ2n) is 7.02. The summed E-state index contributed by atoms with van der Waals surface area (Å²) in [4.78, 5) is 20.9. The Balaban J connectivity index is 1.37. The Labute approximate surface area is 189 Å². The van der Waals surface area contributed by atoms with Crippen LogP contribution in [-0.4, -0.2) is 22.4 Å². The third-order valence-corrected chi connectivity index (χ3v) is 4.97. The van der Waals surface area contributed by atoms with Crippen molar-refractivity contribution in [3.05, 3.63) is 107 Å². The normalized spacial score (nSPS) is 10.6. The molecule has 0 radical (unpaired) electrons. The first-order valence-corrected chi connectivity index (χ1v) is 10.3. The largest absolute Gasteiger partial charge is 0.424 e. The maximum Gasteiger partial charge on any atom is 0.321 e. The maximum atomic E-state index is 13.0. The second-order valence-corrected chi connectivity index (χ2v) is 7.46. The Morgan fingerprint density at radius 1 is 0.938 bits per heavy atom. The Hall–Kier alpha value is -3.77. The first-order chi connectivity index (χ1) is 15.6. The summed E-state index contributed by atoms with van der Waals surface area (Å²) in [6.45, 7) is 0.517. The SMILES string of the molecule is O=C(NCCc1ccc(Cl)cc1)c1cccc(-c2cnc(Oc3ccc(F)cc3)nc2)c1. The lowest BCUT2D eigenvalue weighted by atomic mass is 10.1. The van der Waals surface area contributed by atoms with Crippen LogP contribution in [0.1, 0.15) is 15.9 Å². The molecule has 1 heterocycles. The molecular formula is C25H19ClFN3O2. The molecule has 1 aromatic heterocycles. The van der Waals surface area contributed by atoms with Crippen molar-refractivity contribution in [1.29, 1.82) is 0 Å². The fourth-order valence-electron chi connectivity index (χ4n) is 3.04. The molecule has 0 aliphatic heterocycles. The molecule has 0 spiro atoms. The molecule has 3 aromatic carbocycles. The van der Waals surface area contributed by atoms with Gasteiger partial charge in [-0.2, -0.15) is 0 Å². The lowest BCUT2D eigenvalue weighted by Gasteiger charge is -2.08. The quantitative estimate of drug-likeness (QED) is 0.394. The number of amides is 1. The minimum atomic E-state index is -0.345. The molecule has 0 aliphatic carbocycles. The molecule has 1 N–H and O–H groups in total. The van der Waals surface area contributed by atoms with Crippen LogP contribution < -0.4 is 10.1 Å². The summed E-state index contributed by atoms with van der Waals surface area (Å²) in [6.07, 6.45) is 3.94. The van der Waals surface area contributed by atoms with Gasteiger partial charge >= 0.3 is 6.01 Å². The van der Waals surface area contributed by atoms with E-state index in [0.717, 1.165) is 16.7 Å². The standard InChI is InChI=1S/C25H19ClFN3O2/c26-21-6-4-17(5-7-21)12-13-28-24(31)19-3-1-2-18(14-19)20-15-29-25(30-16-20)32-23-10-8-22(27)9-11-23/h1-11,14-16H,12-13H2,(H,28,31). The van der Waals surface area contributed by atoms with Gasteiger partial charge < -0.3 is 10.1 Å². The Morgan fingerprint density at radius 3 is 2.38 bits per heavy atom. The fourth-order valence-corrected chi connectivity index (χ4v) is 3.17. The van der Waals surface area contributed by atoms with Crippen LogP contribution in [0.2, 0.25) is 5.02 Å². The lowest BCUT2D eigenvalue weighted by molar-refractivity contribution is 0.0954. The molecule has 1 amide bonds. The molecule has 5 nitrogen and oxygen atoms in total. The van der Waals surface area contributed by atoms with Crippen LogP contribution in [-0.2, 0) is 6.42 Å². The highest BCUT2D eigenvalue weighted by Gasteiger charge is 2.08. The van der Waals surface area contributed by atoms with E-state index in [-0.39, 0.29) is 17.7 Å². The van der Waals surface area contributed by atoms with E-state index in [0.29, 0.717) is 29.3 Å². The van der Waals surface area contributed by atoms with Gasteiger partial charge in [0.25, 0.3) is 5.91 Å². The smallest absolute Gasteiger partial charge is 0.321 e. The van der Waals surface area contributed by atoms with Crippen LogP contribution >= 0.6 is 11.6 Å². The highest BCUT2D eigenvalue weighted by molar-refractivity contribution is 6.30. The van der Waals surface area contributed by atoms with Gasteiger partial charge in [-0.05, 0) is 66.1 Å². The number of benzene rings is 3. The van der Waals surface area contributed by atoms with Crippen LogP contribution in [0.15, 0.2) is 85.2 Å². The van der Waals surface area contributed by atoms with Crippen molar-refractivity contribution in [2.45, 2.75) is 6.42 Å². The third-order valence-electron chi connectivity index (χ3n) is 4.72. The van der Waals surface area contributed by atoms with Gasteiger partial charge in [0.2, 0.25) is 0 Å². The van der Waals surface area contributed by atoms with E-state index in [1.807, 2.05) is 36.4 Å². The summed E-state index contributed by atoms with van der Waals surface area (Å²) in [5, 5.41) is 3.62. The molecular weight excluding hydrogens is 429 g/mol. The highest BCUT2D eigenvalue weighted by atomic mass is 35.5. The lowest BCUT2D eigenvalue weighted by Crippen LogP contribution is -2.25. The van der Waals surface area contributed by atoms with Gasteiger partial charge in [-0.25, -0.2) is 14.4 Å². The molecule has 4 aromatic rings. The molecule has 0 unspecified atom stereocenters. The van der Waals surface area contributed by atoms with E-state index in [9.17, 15) is 9.18 Å². The fraction of sp³-hybridized carbons (Fsp3) is 0.0800. The number of nitrogens with zero attached hydrogens (tertiary/aromatic N) is 2. The number of nitrogens with one attached hydrogen (secondary N) is 1. The molecule has 160 valence electrons. The van der Waals surface area contributed by atoms with E-state index in [4.69, 9.17) is 16.3 Å². The average Bonchev–Trinajstić information content (AvgIpc) is 2.82. The first-order valence-electron chi connectivity index (χ1n) is 9.95. The van der Waals surface area contributed by atoms with E-state index in [2.05, 4.69) is 15.3 Å². The molecule has 0 fully saturated rings. The van der Waals surface area contributed by atoms with E-state index in [1.54, 1.807) is 24.5 Å². The number of ether oxygens (including phenoxy) is 1. The average molecular weight is 448 g/mol. The van der Waals surface area contributed by atoms with Gasteiger partial charge in [0, 0.05) is 35.1 Å². The minimum Gasteiger partial charge on any atom is -0.424 e. The van der Waals surface area contributed by atoms with Crippen molar-refractivity contribution in [3.63, 3.8) is 0 Å². The van der Waals surface area contributed by atoms with Crippen LogP contribution in [0.25, 0.3) is 11.1 Å². The van der Waals surface area contributed by atoms with Crippen LogP contribution in [0, 0.1) is 5.82 Å². The summed E-state index contributed by atoms with van der Waals surface area (Å²) < 4.78 is 18.5. The van der Waals surface area contributed by atoms with Crippen molar-refractivity contribution < 1.29 is 13.9 Å². The van der Waals surface area contributed by atoms with Gasteiger partial charge in [-0.15, -0.1) is 0 Å². The molecule has 0 bridgehead atoms. The number of carbonyl (C=O) groups excluding carboxylic acids is 1. The molecule has 32 heavy (non-hydrogen) atoms. The summed E-state index contributed by atoms with van der Waals surface area (Å²) in [5.74, 6) is -0.0584. The molecule has 0 saturated heterocycles. The zero-order chi connectivity index (χ0) is 22.3. The monoisotopic (exact) mass is 447 g/mol. The van der Waals surface area contributed by atoms with Crippen LogP contribution in [0.5, 0.6) is 11.8 Å². The summed E-state index contributed by atoms with van der Waals surface area (Å²) in [5.41, 5.74) is 3.20.